The summed E-state index contributed by atoms with van der Waals surface area (Å²) in [5.41, 5.74) is 1.87. The Hall–Kier alpha value is -0.240. The van der Waals surface area contributed by atoms with Crippen molar-refractivity contribution in [2.24, 2.45) is 5.92 Å². The molecule has 1 aliphatic carbocycles. The van der Waals surface area contributed by atoms with Crippen LogP contribution in [-0.4, -0.2) is 5.11 Å². The highest BCUT2D eigenvalue weighted by molar-refractivity contribution is 6.34. The SMILES string of the molecule is CC1CCc2c(Cl)ccc(Cl)c2C(O)C1. The number of hydrogen-bond donors (Lipinski definition) is 1. The van der Waals surface area contributed by atoms with Gasteiger partial charge in [0.05, 0.1) is 6.10 Å². The average molecular weight is 245 g/mol. The Morgan fingerprint density at radius 3 is 2.67 bits per heavy atom. The van der Waals surface area contributed by atoms with E-state index in [0.29, 0.717) is 10.9 Å². The van der Waals surface area contributed by atoms with E-state index in [-0.39, 0.29) is 0 Å². The topological polar surface area (TPSA) is 20.2 Å². The number of benzene rings is 1. The molecule has 82 valence electrons. The van der Waals surface area contributed by atoms with E-state index in [0.717, 1.165) is 35.4 Å². The summed E-state index contributed by atoms with van der Waals surface area (Å²) < 4.78 is 0. The number of halogens is 2. The highest BCUT2D eigenvalue weighted by Crippen LogP contribution is 2.39. The first-order valence-corrected chi connectivity index (χ1v) is 6.00. The molecule has 0 saturated heterocycles. The number of aliphatic hydroxyl groups excluding tert-OH is 1. The molecule has 0 heterocycles. The molecule has 1 nitrogen and oxygen atoms in total. The lowest BCUT2D eigenvalue weighted by atomic mass is 10.00. The zero-order valence-electron chi connectivity index (χ0n) is 8.63. The molecule has 0 spiro atoms. The van der Waals surface area contributed by atoms with Crippen LogP contribution in [0.5, 0.6) is 0 Å². The summed E-state index contributed by atoms with van der Waals surface area (Å²) in [4.78, 5) is 0. The van der Waals surface area contributed by atoms with Crippen molar-refractivity contribution < 1.29 is 5.11 Å². The van der Waals surface area contributed by atoms with Gasteiger partial charge >= 0.3 is 0 Å². The summed E-state index contributed by atoms with van der Waals surface area (Å²) in [6, 6.07) is 3.58. The zero-order valence-corrected chi connectivity index (χ0v) is 10.1. The van der Waals surface area contributed by atoms with Gasteiger partial charge in [-0.05, 0) is 42.9 Å². The Labute approximate surface area is 100 Å². The van der Waals surface area contributed by atoms with Gasteiger partial charge in [-0.25, -0.2) is 0 Å². The fraction of sp³-hybridized carbons (Fsp3) is 0.500. The van der Waals surface area contributed by atoms with Gasteiger partial charge in [-0.15, -0.1) is 0 Å². The molecule has 0 amide bonds. The smallest absolute Gasteiger partial charge is 0.0810 e. The second kappa shape index (κ2) is 4.32. The van der Waals surface area contributed by atoms with E-state index in [1.807, 2.05) is 6.07 Å². The maximum atomic E-state index is 10.1. The van der Waals surface area contributed by atoms with E-state index in [2.05, 4.69) is 6.92 Å². The second-order valence-electron chi connectivity index (χ2n) is 4.32. The van der Waals surface area contributed by atoms with Crippen LogP contribution in [0.1, 0.15) is 37.0 Å². The van der Waals surface area contributed by atoms with Crippen LogP contribution in [0.2, 0.25) is 10.0 Å². The minimum absolute atomic E-state index is 0.469. The lowest BCUT2D eigenvalue weighted by molar-refractivity contribution is 0.150. The number of rotatable bonds is 0. The average Bonchev–Trinajstić information content (AvgIpc) is 2.32. The molecule has 0 bridgehead atoms. The minimum Gasteiger partial charge on any atom is -0.388 e. The molecule has 0 saturated carbocycles. The lowest BCUT2D eigenvalue weighted by Gasteiger charge is -2.15. The molecule has 1 aromatic carbocycles. The van der Waals surface area contributed by atoms with Gasteiger partial charge in [0.25, 0.3) is 0 Å². The molecule has 1 aliphatic rings. The van der Waals surface area contributed by atoms with E-state index in [9.17, 15) is 5.11 Å². The van der Waals surface area contributed by atoms with Crippen LogP contribution in [0, 0.1) is 5.92 Å². The summed E-state index contributed by atoms with van der Waals surface area (Å²) in [5.74, 6) is 0.513. The van der Waals surface area contributed by atoms with Crippen LogP contribution in [0.3, 0.4) is 0 Å². The summed E-state index contributed by atoms with van der Waals surface area (Å²) in [5, 5.41) is 11.4. The van der Waals surface area contributed by atoms with Gasteiger partial charge in [-0.1, -0.05) is 30.1 Å². The Morgan fingerprint density at radius 2 is 1.93 bits per heavy atom. The van der Waals surface area contributed by atoms with Crippen molar-refractivity contribution in [1.29, 1.82) is 0 Å². The second-order valence-corrected chi connectivity index (χ2v) is 5.13. The van der Waals surface area contributed by atoms with Crippen LogP contribution in [0.25, 0.3) is 0 Å². The van der Waals surface area contributed by atoms with Gasteiger partial charge in [-0.3, -0.25) is 0 Å². The summed E-state index contributed by atoms with van der Waals surface area (Å²) in [6.07, 6.45) is 2.27. The molecule has 2 atom stereocenters. The standard InChI is InChI=1S/C12H14Cl2O/c1-7-2-3-8-9(13)4-5-10(14)12(8)11(15)6-7/h4-5,7,11,15H,2-3,6H2,1H3. The monoisotopic (exact) mass is 244 g/mol. The fourth-order valence-electron chi connectivity index (χ4n) is 2.23. The van der Waals surface area contributed by atoms with Crippen molar-refractivity contribution in [3.8, 4) is 0 Å². The quantitative estimate of drug-likeness (QED) is 0.685. The highest BCUT2D eigenvalue weighted by Gasteiger charge is 2.24. The molecule has 1 N–H and O–H groups in total. The normalized spacial score (nSPS) is 25.9. The van der Waals surface area contributed by atoms with Crippen LogP contribution >= 0.6 is 23.2 Å². The van der Waals surface area contributed by atoms with Crippen molar-refractivity contribution >= 4 is 23.2 Å². The largest absolute Gasteiger partial charge is 0.388 e. The van der Waals surface area contributed by atoms with Gasteiger partial charge in [0.1, 0.15) is 0 Å². The first-order valence-electron chi connectivity index (χ1n) is 5.24. The van der Waals surface area contributed by atoms with E-state index in [1.54, 1.807) is 6.07 Å². The third kappa shape index (κ3) is 2.15. The fourth-order valence-corrected chi connectivity index (χ4v) is 2.79. The van der Waals surface area contributed by atoms with E-state index < -0.39 is 6.10 Å². The van der Waals surface area contributed by atoms with Gasteiger partial charge in [0, 0.05) is 15.6 Å². The van der Waals surface area contributed by atoms with E-state index >= 15 is 0 Å². The van der Waals surface area contributed by atoms with Gasteiger partial charge < -0.3 is 5.11 Å². The van der Waals surface area contributed by atoms with Crippen LogP contribution in [-0.2, 0) is 6.42 Å². The Kier molecular flexibility index (Phi) is 3.24. The molecule has 1 aromatic rings. The molecule has 15 heavy (non-hydrogen) atoms. The van der Waals surface area contributed by atoms with Gasteiger partial charge in [0.15, 0.2) is 0 Å². The third-order valence-electron chi connectivity index (χ3n) is 3.09. The molecule has 3 heteroatoms. The molecule has 0 fully saturated rings. The first kappa shape index (κ1) is 11.3. The molecule has 0 aliphatic heterocycles. The maximum Gasteiger partial charge on any atom is 0.0810 e. The molecule has 0 radical (unpaired) electrons. The maximum absolute atomic E-state index is 10.1. The Morgan fingerprint density at radius 1 is 1.27 bits per heavy atom. The summed E-state index contributed by atoms with van der Waals surface area (Å²) >= 11 is 12.2. The Balaban J connectivity index is 2.52. The first-order chi connectivity index (χ1) is 7.09. The van der Waals surface area contributed by atoms with Crippen LogP contribution in [0.4, 0.5) is 0 Å². The predicted octanol–water partition coefficient (Wildman–Crippen LogP) is 4.00. The molecular formula is C12H14Cl2O. The van der Waals surface area contributed by atoms with Crippen molar-refractivity contribution in [3.63, 3.8) is 0 Å². The zero-order chi connectivity index (χ0) is 11.0. The van der Waals surface area contributed by atoms with Crippen LogP contribution < -0.4 is 0 Å². The number of fused-ring (bicyclic) bond motifs is 1. The highest BCUT2D eigenvalue weighted by atomic mass is 35.5. The summed E-state index contributed by atoms with van der Waals surface area (Å²) in [6.45, 7) is 2.15. The van der Waals surface area contributed by atoms with Crippen molar-refractivity contribution in [3.05, 3.63) is 33.3 Å². The number of hydrogen-bond acceptors (Lipinski definition) is 1. The molecule has 2 rings (SSSR count). The van der Waals surface area contributed by atoms with Crippen molar-refractivity contribution in [2.45, 2.75) is 32.3 Å². The molecule has 0 aromatic heterocycles. The van der Waals surface area contributed by atoms with Crippen molar-refractivity contribution in [2.75, 3.05) is 0 Å². The third-order valence-corrected chi connectivity index (χ3v) is 3.78. The Bertz CT molecular complexity index is 376. The molecular weight excluding hydrogens is 231 g/mol. The van der Waals surface area contributed by atoms with Crippen LogP contribution in [0.15, 0.2) is 12.1 Å². The minimum atomic E-state index is -0.469. The summed E-state index contributed by atoms with van der Waals surface area (Å²) in [7, 11) is 0. The van der Waals surface area contributed by atoms with E-state index in [4.69, 9.17) is 23.2 Å². The predicted molar refractivity (Wildman–Crippen MR) is 63.5 cm³/mol. The van der Waals surface area contributed by atoms with Gasteiger partial charge in [0.2, 0.25) is 0 Å². The van der Waals surface area contributed by atoms with Gasteiger partial charge in [-0.2, -0.15) is 0 Å². The number of aliphatic hydroxyl groups is 1. The lowest BCUT2D eigenvalue weighted by Crippen LogP contribution is -2.02. The van der Waals surface area contributed by atoms with E-state index in [1.165, 1.54) is 0 Å². The molecule has 2 unspecified atom stereocenters. The van der Waals surface area contributed by atoms with Crippen molar-refractivity contribution in [1.82, 2.24) is 0 Å².